The van der Waals surface area contributed by atoms with Crippen LogP contribution in [0.2, 0.25) is 0 Å². The zero-order valence-electron chi connectivity index (χ0n) is 9.58. The molecular formula is C12H7Cl3FNO2. The Kier molecular flexibility index (Phi) is 3.85. The molecule has 0 atom stereocenters. The van der Waals surface area contributed by atoms with Crippen LogP contribution in [0.15, 0.2) is 23.4 Å². The Balaban J connectivity index is 2.31. The van der Waals surface area contributed by atoms with Crippen molar-refractivity contribution in [3.63, 3.8) is 0 Å². The molecule has 1 aliphatic rings. The zero-order chi connectivity index (χ0) is 14.2. The van der Waals surface area contributed by atoms with Crippen LogP contribution in [0, 0.1) is 12.7 Å². The van der Waals surface area contributed by atoms with Crippen LogP contribution in [-0.4, -0.2) is 15.5 Å². The van der Waals surface area contributed by atoms with Gasteiger partial charge in [-0.1, -0.05) is 52.1 Å². The molecule has 3 nitrogen and oxygen atoms in total. The third-order valence-electron chi connectivity index (χ3n) is 2.54. The molecule has 1 aliphatic carbocycles. The molecule has 0 spiro atoms. The molecule has 100 valence electrons. The van der Waals surface area contributed by atoms with Gasteiger partial charge >= 0.3 is 5.97 Å². The molecule has 0 amide bonds. The maximum atomic E-state index is 13.7. The van der Waals surface area contributed by atoms with E-state index in [1.807, 2.05) is 6.92 Å². The number of fused-ring (bicyclic) bond motifs is 1. The van der Waals surface area contributed by atoms with Crippen LogP contribution in [0.25, 0.3) is 6.08 Å². The first-order chi connectivity index (χ1) is 8.80. The summed E-state index contributed by atoms with van der Waals surface area (Å²) < 4.78 is 11.5. The van der Waals surface area contributed by atoms with Crippen molar-refractivity contribution in [2.75, 3.05) is 0 Å². The van der Waals surface area contributed by atoms with Crippen molar-refractivity contribution in [3.05, 3.63) is 40.7 Å². The molecule has 2 rings (SSSR count). The van der Waals surface area contributed by atoms with Gasteiger partial charge in [-0.15, -0.1) is 0 Å². The molecule has 0 radical (unpaired) electrons. The largest absolute Gasteiger partial charge is 0.386 e. The van der Waals surface area contributed by atoms with E-state index in [0.29, 0.717) is 5.56 Å². The second kappa shape index (κ2) is 5.12. The average Bonchev–Trinajstić information content (AvgIpc) is 2.74. The fourth-order valence-electron chi connectivity index (χ4n) is 1.64. The minimum absolute atomic E-state index is 0.166. The molecule has 0 saturated carbocycles. The highest BCUT2D eigenvalue weighted by atomic mass is 35.6. The van der Waals surface area contributed by atoms with Crippen molar-refractivity contribution >= 4 is 52.6 Å². The van der Waals surface area contributed by atoms with Crippen molar-refractivity contribution in [3.8, 4) is 0 Å². The second-order valence-electron chi connectivity index (χ2n) is 3.84. The number of oxime groups is 1. The number of aryl methyl sites for hydroxylation is 1. The molecule has 0 N–H and O–H groups in total. The quantitative estimate of drug-likeness (QED) is 0.341. The van der Waals surface area contributed by atoms with E-state index in [0.717, 1.165) is 5.56 Å². The zero-order valence-corrected chi connectivity index (χ0v) is 11.9. The number of rotatable bonds is 1. The fourth-order valence-corrected chi connectivity index (χ4v) is 1.74. The van der Waals surface area contributed by atoms with E-state index in [1.165, 1.54) is 12.1 Å². The lowest BCUT2D eigenvalue weighted by Crippen LogP contribution is -2.20. The van der Waals surface area contributed by atoms with Gasteiger partial charge in [-0.05, 0) is 30.2 Å². The lowest BCUT2D eigenvalue weighted by Gasteiger charge is -2.07. The number of benzene rings is 1. The first-order valence-electron chi connectivity index (χ1n) is 5.14. The third kappa shape index (κ3) is 2.91. The Morgan fingerprint density at radius 2 is 2.00 bits per heavy atom. The molecule has 0 aliphatic heterocycles. The summed E-state index contributed by atoms with van der Waals surface area (Å²) in [5.41, 5.74) is 1.99. The van der Waals surface area contributed by atoms with Crippen molar-refractivity contribution < 1.29 is 14.0 Å². The van der Waals surface area contributed by atoms with Crippen LogP contribution in [0.3, 0.4) is 0 Å². The minimum Gasteiger partial charge on any atom is -0.313 e. The lowest BCUT2D eigenvalue weighted by molar-refractivity contribution is -0.142. The Hall–Kier alpha value is -1.10. The van der Waals surface area contributed by atoms with E-state index in [2.05, 4.69) is 9.99 Å². The number of nitrogens with zero attached hydrogens (tertiary/aromatic N) is 1. The maximum Gasteiger partial charge on any atom is 0.386 e. The average molecular weight is 324 g/mol. The van der Waals surface area contributed by atoms with Crippen molar-refractivity contribution in [2.24, 2.45) is 5.16 Å². The molecule has 1 aromatic carbocycles. The molecule has 19 heavy (non-hydrogen) atoms. The number of carbonyl (C=O) groups is 1. The van der Waals surface area contributed by atoms with Gasteiger partial charge < -0.3 is 4.84 Å². The Morgan fingerprint density at radius 1 is 1.32 bits per heavy atom. The van der Waals surface area contributed by atoms with E-state index in [-0.39, 0.29) is 11.3 Å². The smallest absolute Gasteiger partial charge is 0.313 e. The van der Waals surface area contributed by atoms with Gasteiger partial charge in [0.15, 0.2) is 0 Å². The van der Waals surface area contributed by atoms with Crippen LogP contribution in [-0.2, 0) is 9.63 Å². The molecule has 0 fully saturated rings. The lowest BCUT2D eigenvalue weighted by atomic mass is 10.0. The van der Waals surface area contributed by atoms with Gasteiger partial charge in [-0.25, -0.2) is 9.18 Å². The summed E-state index contributed by atoms with van der Waals surface area (Å²) in [6, 6.07) is 2.96. The van der Waals surface area contributed by atoms with Gasteiger partial charge in [0.2, 0.25) is 0 Å². The Bertz CT molecular complexity index is 606. The standard InChI is InChI=1S/C12H7Cl3FNO2/c1-6-2-4-8(16)10-7(6)3-5-9(10)17-19-11(18)12(13,14)15/h2-5H,1H3/b17-9-/i17+1. The number of carbonyl (C=O) groups excluding carboxylic acids is 1. The Labute approximate surface area is 123 Å². The summed E-state index contributed by atoms with van der Waals surface area (Å²) in [5, 5.41) is 3.52. The number of alkyl halides is 3. The molecular weight excluding hydrogens is 316 g/mol. The Morgan fingerprint density at radius 3 is 2.63 bits per heavy atom. The second-order valence-corrected chi connectivity index (χ2v) is 6.12. The predicted molar refractivity (Wildman–Crippen MR) is 73.1 cm³/mol. The van der Waals surface area contributed by atoms with Gasteiger partial charge in [0, 0.05) is 5.56 Å². The topological polar surface area (TPSA) is 38.7 Å². The van der Waals surface area contributed by atoms with Crippen LogP contribution >= 0.6 is 34.8 Å². The van der Waals surface area contributed by atoms with Crippen LogP contribution in [0.4, 0.5) is 4.39 Å². The predicted octanol–water partition coefficient (Wildman–Crippen LogP) is 3.78. The molecule has 0 heterocycles. The van der Waals surface area contributed by atoms with E-state index in [4.69, 9.17) is 34.8 Å². The van der Waals surface area contributed by atoms with Gasteiger partial charge in [-0.2, -0.15) is 0 Å². The summed E-state index contributed by atoms with van der Waals surface area (Å²) in [6.07, 6.45) is 3.20. The van der Waals surface area contributed by atoms with Crippen molar-refractivity contribution in [2.45, 2.75) is 10.7 Å². The summed E-state index contributed by atoms with van der Waals surface area (Å²) in [6.45, 7) is 1.83. The molecule has 0 saturated heterocycles. The number of hydrogen-bond acceptors (Lipinski definition) is 3. The summed E-state index contributed by atoms with van der Waals surface area (Å²) in [4.78, 5) is 15.7. The van der Waals surface area contributed by atoms with E-state index in [9.17, 15) is 9.18 Å². The highest BCUT2D eigenvalue weighted by Gasteiger charge is 2.33. The van der Waals surface area contributed by atoms with Crippen LogP contribution < -0.4 is 0 Å². The van der Waals surface area contributed by atoms with Gasteiger partial charge in [0.1, 0.15) is 11.5 Å². The maximum absolute atomic E-state index is 13.7. The van der Waals surface area contributed by atoms with Gasteiger partial charge in [-0.3, -0.25) is 0 Å². The molecule has 0 bridgehead atoms. The molecule has 0 aromatic heterocycles. The van der Waals surface area contributed by atoms with E-state index >= 15 is 0 Å². The molecule has 1 aromatic rings. The summed E-state index contributed by atoms with van der Waals surface area (Å²) in [7, 11) is 0. The van der Waals surface area contributed by atoms with Crippen molar-refractivity contribution in [1.82, 2.24) is 0 Å². The van der Waals surface area contributed by atoms with E-state index < -0.39 is 15.6 Å². The minimum atomic E-state index is -2.22. The molecule has 0 unspecified atom stereocenters. The number of halogens is 4. The first kappa shape index (κ1) is 14.3. The van der Waals surface area contributed by atoms with Crippen LogP contribution in [0.1, 0.15) is 16.7 Å². The van der Waals surface area contributed by atoms with Gasteiger partial charge in [0.25, 0.3) is 3.79 Å². The number of hydrogen-bond donors (Lipinski definition) is 0. The third-order valence-corrected chi connectivity index (χ3v) is 3.00. The molecule has 7 heteroatoms. The normalized spacial score (nSPS) is 15.7. The number of allylic oxidation sites excluding steroid dienone is 1. The van der Waals surface area contributed by atoms with Crippen LogP contribution in [0.5, 0.6) is 0 Å². The van der Waals surface area contributed by atoms with E-state index in [1.54, 1.807) is 12.1 Å². The van der Waals surface area contributed by atoms with Gasteiger partial charge in [0.05, 0.1) is 0 Å². The fraction of sp³-hybridized carbons (Fsp3) is 0.167. The first-order valence-corrected chi connectivity index (χ1v) is 6.28. The SMILES string of the molecule is Cc1ccc(F)c2c1C=C/C2=[15N]/OC(=O)C(Cl)(Cl)Cl. The highest BCUT2D eigenvalue weighted by Crippen LogP contribution is 2.29. The summed E-state index contributed by atoms with van der Waals surface area (Å²) in [5.74, 6) is -1.62. The monoisotopic (exact) mass is 322 g/mol. The van der Waals surface area contributed by atoms with Crippen molar-refractivity contribution in [1.29, 1.82) is 0 Å². The highest BCUT2D eigenvalue weighted by molar-refractivity contribution is 6.75. The summed E-state index contributed by atoms with van der Waals surface area (Å²) >= 11 is 16.0.